The Kier molecular flexibility index (Phi) is 5.20. The van der Waals surface area contributed by atoms with Crippen LogP contribution >= 0.6 is 11.6 Å². The van der Waals surface area contributed by atoms with Crippen LogP contribution in [0.4, 0.5) is 0 Å². The zero-order valence-corrected chi connectivity index (χ0v) is 18.2. The van der Waals surface area contributed by atoms with Crippen LogP contribution in [-0.4, -0.2) is 24.4 Å². The summed E-state index contributed by atoms with van der Waals surface area (Å²) in [6.45, 7) is 2.55. The van der Waals surface area contributed by atoms with E-state index < -0.39 is 6.23 Å². The highest BCUT2D eigenvalue weighted by Gasteiger charge is 2.42. The smallest absolute Gasteiger partial charge is 0.214 e. The van der Waals surface area contributed by atoms with Gasteiger partial charge in [0.1, 0.15) is 5.75 Å². The van der Waals surface area contributed by atoms with E-state index in [1.807, 2.05) is 66.5 Å². The molecule has 0 amide bonds. The van der Waals surface area contributed by atoms with Crippen molar-refractivity contribution in [2.45, 2.75) is 25.6 Å². The maximum Gasteiger partial charge on any atom is 0.214 e. The van der Waals surface area contributed by atoms with Gasteiger partial charge in [0.2, 0.25) is 6.23 Å². The van der Waals surface area contributed by atoms with Crippen LogP contribution in [0.2, 0.25) is 5.02 Å². The van der Waals surface area contributed by atoms with E-state index in [0.717, 1.165) is 46.1 Å². The molecule has 0 aromatic heterocycles. The molecule has 2 heterocycles. The summed E-state index contributed by atoms with van der Waals surface area (Å²) in [6.07, 6.45) is 0.358. The summed E-state index contributed by atoms with van der Waals surface area (Å²) < 4.78 is 17.8. The molecule has 0 radical (unpaired) electrons. The van der Waals surface area contributed by atoms with E-state index in [9.17, 15) is 0 Å². The average molecular weight is 435 g/mol. The van der Waals surface area contributed by atoms with Gasteiger partial charge in [-0.15, -0.1) is 0 Å². The lowest BCUT2D eigenvalue weighted by Crippen LogP contribution is -2.33. The predicted octanol–water partition coefficient (Wildman–Crippen LogP) is 5.99. The Labute approximate surface area is 186 Å². The number of rotatable bonds is 5. The van der Waals surface area contributed by atoms with Gasteiger partial charge in [-0.3, -0.25) is 0 Å². The van der Waals surface area contributed by atoms with Crippen LogP contribution in [0.3, 0.4) is 0 Å². The fourth-order valence-corrected chi connectivity index (χ4v) is 4.41. The third-order valence-corrected chi connectivity index (χ3v) is 5.85. The first kappa shape index (κ1) is 19.8. The fourth-order valence-electron chi connectivity index (χ4n) is 4.21. The van der Waals surface area contributed by atoms with Gasteiger partial charge in [0, 0.05) is 28.1 Å². The molecule has 0 saturated carbocycles. The Morgan fingerprint density at radius 1 is 1.10 bits per heavy atom. The molecule has 0 unspecified atom stereocenters. The number of para-hydroxylation sites is 1. The second-order valence-corrected chi connectivity index (χ2v) is 7.95. The molecule has 0 bridgehead atoms. The summed E-state index contributed by atoms with van der Waals surface area (Å²) in [6, 6.07) is 21.8. The van der Waals surface area contributed by atoms with Gasteiger partial charge in [-0.05, 0) is 37.3 Å². The molecular formula is C25H23ClN2O3. The van der Waals surface area contributed by atoms with Crippen molar-refractivity contribution in [3.05, 3.63) is 88.4 Å². The number of hydrogen-bond donors (Lipinski definition) is 0. The lowest BCUT2D eigenvalue weighted by atomic mass is 9.95. The standard InChI is InChI=1S/C25H23ClN2O3/c1-3-30-23-12-6-11-20-22-15-21(16-7-5-10-19(14-16)29-2)27-28(22)25(31-24(20)23)17-8-4-9-18(26)13-17/h4-14,22,25H,3,15H2,1-2H3/t22-,25-/m1/s1. The molecular weight excluding hydrogens is 412 g/mol. The van der Waals surface area contributed by atoms with Crippen molar-refractivity contribution in [1.29, 1.82) is 0 Å². The van der Waals surface area contributed by atoms with Gasteiger partial charge in [-0.2, -0.15) is 5.10 Å². The van der Waals surface area contributed by atoms with Crippen LogP contribution in [0.25, 0.3) is 0 Å². The molecule has 2 aliphatic rings. The predicted molar refractivity (Wildman–Crippen MR) is 121 cm³/mol. The van der Waals surface area contributed by atoms with Crippen LogP contribution in [0.1, 0.15) is 42.3 Å². The first-order chi connectivity index (χ1) is 15.2. The minimum absolute atomic E-state index is 0.0364. The largest absolute Gasteiger partial charge is 0.497 e. The van der Waals surface area contributed by atoms with E-state index in [2.05, 4.69) is 12.1 Å². The van der Waals surface area contributed by atoms with Gasteiger partial charge in [0.15, 0.2) is 11.5 Å². The van der Waals surface area contributed by atoms with E-state index in [1.165, 1.54) is 0 Å². The van der Waals surface area contributed by atoms with Crippen molar-refractivity contribution in [3.8, 4) is 17.2 Å². The van der Waals surface area contributed by atoms with Gasteiger partial charge in [0.25, 0.3) is 0 Å². The Morgan fingerprint density at radius 2 is 1.94 bits per heavy atom. The van der Waals surface area contributed by atoms with E-state index in [0.29, 0.717) is 11.6 Å². The number of methoxy groups -OCH3 is 1. The average Bonchev–Trinajstić information content (AvgIpc) is 3.25. The highest BCUT2D eigenvalue weighted by atomic mass is 35.5. The van der Waals surface area contributed by atoms with Gasteiger partial charge in [-0.25, -0.2) is 5.01 Å². The van der Waals surface area contributed by atoms with E-state index in [4.69, 9.17) is 30.9 Å². The Bertz CT molecular complexity index is 1150. The van der Waals surface area contributed by atoms with Crippen molar-refractivity contribution in [3.63, 3.8) is 0 Å². The van der Waals surface area contributed by atoms with Crippen molar-refractivity contribution in [1.82, 2.24) is 5.01 Å². The van der Waals surface area contributed by atoms with Crippen LogP contribution in [0, 0.1) is 0 Å². The van der Waals surface area contributed by atoms with E-state index in [-0.39, 0.29) is 6.04 Å². The molecule has 3 aromatic rings. The van der Waals surface area contributed by atoms with Crippen LogP contribution in [0.5, 0.6) is 17.2 Å². The maximum absolute atomic E-state index is 6.51. The summed E-state index contributed by atoms with van der Waals surface area (Å²) in [5.74, 6) is 2.34. The highest BCUT2D eigenvalue weighted by molar-refractivity contribution is 6.30. The Balaban J connectivity index is 1.61. The minimum Gasteiger partial charge on any atom is -0.497 e. The topological polar surface area (TPSA) is 43.3 Å². The molecule has 0 saturated heterocycles. The third kappa shape index (κ3) is 3.59. The molecule has 2 atom stereocenters. The van der Waals surface area contributed by atoms with Gasteiger partial charge < -0.3 is 14.2 Å². The van der Waals surface area contributed by atoms with Crippen molar-refractivity contribution in [2.24, 2.45) is 5.10 Å². The first-order valence-electron chi connectivity index (χ1n) is 10.4. The van der Waals surface area contributed by atoms with Crippen LogP contribution in [0.15, 0.2) is 71.8 Å². The number of nitrogens with zero attached hydrogens (tertiary/aromatic N) is 2. The number of hydrogen-bond acceptors (Lipinski definition) is 5. The number of halogens is 1. The Morgan fingerprint density at radius 3 is 2.74 bits per heavy atom. The highest BCUT2D eigenvalue weighted by Crippen LogP contribution is 2.50. The number of benzene rings is 3. The minimum atomic E-state index is -0.402. The van der Waals surface area contributed by atoms with Crippen molar-refractivity contribution in [2.75, 3.05) is 13.7 Å². The summed E-state index contributed by atoms with van der Waals surface area (Å²) in [5, 5.41) is 7.71. The molecule has 5 rings (SSSR count). The number of ether oxygens (including phenoxy) is 3. The first-order valence-corrected chi connectivity index (χ1v) is 10.7. The molecule has 3 aromatic carbocycles. The molecule has 2 aliphatic heterocycles. The van der Waals surface area contributed by atoms with E-state index >= 15 is 0 Å². The molecule has 0 N–H and O–H groups in total. The number of hydrazone groups is 1. The van der Waals surface area contributed by atoms with Crippen molar-refractivity contribution < 1.29 is 14.2 Å². The van der Waals surface area contributed by atoms with E-state index in [1.54, 1.807) is 7.11 Å². The zero-order chi connectivity index (χ0) is 21.4. The molecule has 5 nitrogen and oxygen atoms in total. The molecule has 31 heavy (non-hydrogen) atoms. The molecule has 0 aliphatic carbocycles. The SMILES string of the molecule is CCOc1cccc2c1O[C@H](c1cccc(Cl)c1)N1N=C(c3cccc(OC)c3)C[C@H]21. The monoisotopic (exact) mass is 434 g/mol. The summed E-state index contributed by atoms with van der Waals surface area (Å²) in [7, 11) is 1.67. The normalized spacial score (nSPS) is 19.2. The second-order valence-electron chi connectivity index (χ2n) is 7.51. The second kappa shape index (κ2) is 8.16. The third-order valence-electron chi connectivity index (χ3n) is 5.62. The van der Waals surface area contributed by atoms with Gasteiger partial charge in [-0.1, -0.05) is 48.0 Å². The molecule has 0 spiro atoms. The molecule has 6 heteroatoms. The van der Waals surface area contributed by atoms with Gasteiger partial charge in [0.05, 0.1) is 25.5 Å². The lowest BCUT2D eigenvalue weighted by Gasteiger charge is -2.38. The molecule has 158 valence electrons. The quantitative estimate of drug-likeness (QED) is 0.494. The van der Waals surface area contributed by atoms with Crippen LogP contribution in [-0.2, 0) is 0 Å². The summed E-state index contributed by atoms with van der Waals surface area (Å²) in [4.78, 5) is 0. The zero-order valence-electron chi connectivity index (χ0n) is 17.4. The fraction of sp³-hybridized carbons (Fsp3) is 0.240. The van der Waals surface area contributed by atoms with Gasteiger partial charge >= 0.3 is 0 Å². The number of fused-ring (bicyclic) bond motifs is 3. The summed E-state index contributed by atoms with van der Waals surface area (Å²) >= 11 is 6.30. The Hall–Kier alpha value is -3.18. The lowest BCUT2D eigenvalue weighted by molar-refractivity contribution is -0.0212. The maximum atomic E-state index is 6.51. The van der Waals surface area contributed by atoms with Crippen molar-refractivity contribution >= 4 is 17.3 Å². The van der Waals surface area contributed by atoms with Crippen LogP contribution < -0.4 is 14.2 Å². The summed E-state index contributed by atoms with van der Waals surface area (Å²) in [5.41, 5.74) is 4.06. The molecule has 0 fully saturated rings.